The summed E-state index contributed by atoms with van der Waals surface area (Å²) >= 11 is 0. The van der Waals surface area contributed by atoms with Crippen LogP contribution < -0.4 is 10.2 Å². The molecule has 0 aliphatic rings. The average Bonchev–Trinajstić information content (AvgIpc) is 2.06. The summed E-state index contributed by atoms with van der Waals surface area (Å²) in [6.07, 6.45) is 0. The normalized spacial score (nSPS) is 9.27. The molecule has 0 fully saturated rings. The molecule has 0 aliphatic heterocycles. The molecule has 0 aromatic heterocycles. The van der Waals surface area contributed by atoms with E-state index < -0.39 is 0 Å². The van der Waals surface area contributed by atoms with Crippen LogP contribution in [0.3, 0.4) is 0 Å². The molecule has 0 aliphatic carbocycles. The van der Waals surface area contributed by atoms with Gasteiger partial charge in [-0.05, 0) is 12.1 Å². The van der Waals surface area contributed by atoms with E-state index >= 15 is 0 Å². The minimum Gasteiger partial charge on any atom is -0.494 e. The Hall–Kier alpha value is -1.22. The zero-order valence-corrected chi connectivity index (χ0v) is 6.57. The fourth-order valence-electron chi connectivity index (χ4n) is 0.804. The Morgan fingerprint density at radius 3 is 2.55 bits per heavy atom. The molecule has 11 heavy (non-hydrogen) atoms. The molecule has 0 bridgehead atoms. The van der Waals surface area contributed by atoms with Gasteiger partial charge in [-0.15, -0.1) is 5.48 Å². The Balaban J connectivity index is 2.83. The number of para-hydroxylation sites is 1. The van der Waals surface area contributed by atoms with E-state index in [4.69, 9.17) is 4.74 Å². The van der Waals surface area contributed by atoms with Gasteiger partial charge in [0.2, 0.25) is 0 Å². The third kappa shape index (κ3) is 1.85. The molecule has 3 heteroatoms. The first kappa shape index (κ1) is 7.88. The van der Waals surface area contributed by atoms with E-state index in [1.165, 1.54) is 7.11 Å². The highest BCUT2D eigenvalue weighted by atomic mass is 16.6. The number of hydrogen-bond donors (Lipinski definition) is 0. The van der Waals surface area contributed by atoms with Gasteiger partial charge >= 0.3 is 0 Å². The van der Waals surface area contributed by atoms with Crippen molar-refractivity contribution in [1.82, 2.24) is 5.48 Å². The molecule has 0 saturated heterocycles. The van der Waals surface area contributed by atoms with Crippen molar-refractivity contribution < 1.29 is 9.57 Å². The third-order valence-corrected chi connectivity index (χ3v) is 1.27. The second kappa shape index (κ2) is 3.83. The summed E-state index contributed by atoms with van der Waals surface area (Å²) < 4.78 is 5.02. The van der Waals surface area contributed by atoms with E-state index in [0.717, 1.165) is 0 Å². The molecule has 1 aromatic carbocycles. The van der Waals surface area contributed by atoms with Crippen LogP contribution in [0.1, 0.15) is 0 Å². The van der Waals surface area contributed by atoms with Crippen LogP contribution in [-0.2, 0) is 4.84 Å². The first-order chi connectivity index (χ1) is 5.38. The number of nitrogens with zero attached hydrogens (tertiary/aromatic N) is 1. The summed E-state index contributed by atoms with van der Waals surface area (Å²) in [6, 6.07) is 7.41. The molecule has 0 atom stereocenters. The minimum atomic E-state index is 0.706. The molecular formula is C8H10NO2. The highest BCUT2D eigenvalue weighted by Gasteiger charge is 2.00. The van der Waals surface area contributed by atoms with Gasteiger partial charge in [0.15, 0.2) is 0 Å². The second-order valence-corrected chi connectivity index (χ2v) is 1.95. The Morgan fingerprint density at radius 1 is 1.18 bits per heavy atom. The van der Waals surface area contributed by atoms with E-state index in [0.29, 0.717) is 11.4 Å². The smallest absolute Gasteiger partial charge is 0.146 e. The van der Waals surface area contributed by atoms with Gasteiger partial charge < -0.3 is 4.74 Å². The van der Waals surface area contributed by atoms with E-state index in [-0.39, 0.29) is 0 Å². The van der Waals surface area contributed by atoms with Crippen LogP contribution in [0.25, 0.3) is 0 Å². The molecule has 3 nitrogen and oxygen atoms in total. The van der Waals surface area contributed by atoms with Crippen LogP contribution in [0.4, 0.5) is 5.69 Å². The number of benzene rings is 1. The monoisotopic (exact) mass is 152 g/mol. The maximum Gasteiger partial charge on any atom is 0.146 e. The summed E-state index contributed by atoms with van der Waals surface area (Å²) in [5.74, 6) is 0.717. The van der Waals surface area contributed by atoms with Gasteiger partial charge in [0.25, 0.3) is 0 Å². The average molecular weight is 152 g/mol. The fraction of sp³-hybridized carbons (Fsp3) is 0.250. The second-order valence-electron chi connectivity index (χ2n) is 1.95. The summed E-state index contributed by atoms with van der Waals surface area (Å²) in [5.41, 5.74) is 4.46. The van der Waals surface area contributed by atoms with E-state index in [1.807, 2.05) is 24.3 Å². The van der Waals surface area contributed by atoms with Gasteiger partial charge in [-0.25, -0.2) is 0 Å². The fourth-order valence-corrected chi connectivity index (χ4v) is 0.804. The maximum atomic E-state index is 5.02. The molecule has 0 N–H and O–H groups in total. The summed E-state index contributed by atoms with van der Waals surface area (Å²) in [4.78, 5) is 4.62. The van der Waals surface area contributed by atoms with Crippen LogP contribution in [0, 0.1) is 0 Å². The quantitative estimate of drug-likeness (QED) is 0.615. The van der Waals surface area contributed by atoms with Crippen molar-refractivity contribution >= 4 is 5.69 Å². The zero-order valence-electron chi connectivity index (χ0n) is 6.57. The van der Waals surface area contributed by atoms with Gasteiger partial charge in [-0.3, -0.25) is 4.84 Å². The Bertz CT molecular complexity index is 225. The Morgan fingerprint density at radius 2 is 1.91 bits per heavy atom. The lowest BCUT2D eigenvalue weighted by molar-refractivity contribution is 0.123. The highest BCUT2D eigenvalue weighted by Crippen LogP contribution is 2.22. The first-order valence-corrected chi connectivity index (χ1v) is 3.25. The molecule has 0 spiro atoms. The van der Waals surface area contributed by atoms with Gasteiger partial charge in [0.05, 0.1) is 14.2 Å². The summed E-state index contributed by atoms with van der Waals surface area (Å²) in [7, 11) is 3.11. The van der Waals surface area contributed by atoms with Crippen molar-refractivity contribution in [2.75, 3.05) is 14.2 Å². The molecule has 59 valence electrons. The third-order valence-electron chi connectivity index (χ3n) is 1.27. The van der Waals surface area contributed by atoms with Crippen molar-refractivity contribution in [1.29, 1.82) is 0 Å². The van der Waals surface area contributed by atoms with Crippen molar-refractivity contribution in [2.45, 2.75) is 0 Å². The molecular weight excluding hydrogens is 142 g/mol. The molecule has 0 saturated carbocycles. The van der Waals surface area contributed by atoms with Gasteiger partial charge in [-0.1, -0.05) is 12.1 Å². The summed E-state index contributed by atoms with van der Waals surface area (Å²) in [6.45, 7) is 0. The van der Waals surface area contributed by atoms with Crippen LogP contribution >= 0.6 is 0 Å². The van der Waals surface area contributed by atoms with Crippen LogP contribution in [0.2, 0.25) is 0 Å². The molecule has 0 unspecified atom stereocenters. The zero-order chi connectivity index (χ0) is 8.10. The number of ether oxygens (including phenoxy) is 1. The lowest BCUT2D eigenvalue weighted by Crippen LogP contribution is -1.96. The lowest BCUT2D eigenvalue weighted by atomic mass is 10.3. The van der Waals surface area contributed by atoms with Crippen molar-refractivity contribution in [3.8, 4) is 5.75 Å². The van der Waals surface area contributed by atoms with Gasteiger partial charge in [-0.2, -0.15) is 0 Å². The lowest BCUT2D eigenvalue weighted by Gasteiger charge is -2.04. The van der Waals surface area contributed by atoms with Gasteiger partial charge in [0.1, 0.15) is 11.4 Å². The van der Waals surface area contributed by atoms with Crippen molar-refractivity contribution in [2.24, 2.45) is 0 Å². The number of hydrogen-bond acceptors (Lipinski definition) is 2. The minimum absolute atomic E-state index is 0.706. The van der Waals surface area contributed by atoms with Crippen LogP contribution in [0.15, 0.2) is 24.3 Å². The molecule has 0 heterocycles. The molecule has 1 aromatic rings. The van der Waals surface area contributed by atoms with E-state index in [9.17, 15) is 0 Å². The first-order valence-electron chi connectivity index (χ1n) is 3.25. The highest BCUT2D eigenvalue weighted by molar-refractivity contribution is 5.49. The summed E-state index contributed by atoms with van der Waals surface area (Å²) in [5, 5.41) is 0. The SMILES string of the molecule is CO[N]c1ccccc1OC. The largest absolute Gasteiger partial charge is 0.494 e. The standard InChI is InChI=1S/C8H10NO2/c1-10-8-6-4-3-5-7(8)9-11-2/h3-6H,1-2H3. The van der Waals surface area contributed by atoms with Gasteiger partial charge in [0, 0.05) is 0 Å². The number of methoxy groups -OCH3 is 1. The Kier molecular flexibility index (Phi) is 2.74. The molecule has 0 amide bonds. The van der Waals surface area contributed by atoms with Crippen molar-refractivity contribution in [3.05, 3.63) is 24.3 Å². The predicted molar refractivity (Wildman–Crippen MR) is 41.8 cm³/mol. The van der Waals surface area contributed by atoms with Crippen molar-refractivity contribution in [3.63, 3.8) is 0 Å². The predicted octanol–water partition coefficient (Wildman–Crippen LogP) is 1.49. The van der Waals surface area contributed by atoms with E-state index in [1.54, 1.807) is 7.11 Å². The Labute approximate surface area is 65.9 Å². The maximum absolute atomic E-state index is 5.02. The van der Waals surface area contributed by atoms with Crippen LogP contribution in [-0.4, -0.2) is 14.2 Å². The number of rotatable bonds is 3. The van der Waals surface area contributed by atoms with Crippen LogP contribution in [0.5, 0.6) is 5.75 Å². The molecule has 1 radical (unpaired) electrons. The van der Waals surface area contributed by atoms with E-state index in [2.05, 4.69) is 10.3 Å². The molecule has 1 rings (SSSR count). The topological polar surface area (TPSA) is 32.6 Å².